The molecule has 0 bridgehead atoms. The van der Waals surface area contributed by atoms with Crippen molar-refractivity contribution in [1.82, 2.24) is 0 Å². The molecule has 0 heterocycles. The summed E-state index contributed by atoms with van der Waals surface area (Å²) in [5, 5.41) is 27.5. The number of aromatic hydroxyl groups is 2. The number of nitrogens with zero attached hydrogens (tertiary/aromatic N) is 1. The standard InChI is InChI=1S/C11H11NO2/c12-7-11(4-1-5-11)8-2-3-9(13)10(14)6-8/h2-3,6,13-14H,1,4-5H2. The van der Waals surface area contributed by atoms with Crippen molar-refractivity contribution in [3.05, 3.63) is 23.8 Å². The molecule has 14 heavy (non-hydrogen) atoms. The molecule has 1 aliphatic carbocycles. The van der Waals surface area contributed by atoms with Crippen LogP contribution in [0.5, 0.6) is 11.5 Å². The van der Waals surface area contributed by atoms with E-state index >= 15 is 0 Å². The minimum atomic E-state index is -0.425. The summed E-state index contributed by atoms with van der Waals surface area (Å²) in [6, 6.07) is 6.91. The highest BCUT2D eigenvalue weighted by Crippen LogP contribution is 2.44. The molecule has 0 atom stereocenters. The molecule has 1 aromatic carbocycles. The van der Waals surface area contributed by atoms with E-state index in [1.165, 1.54) is 12.1 Å². The molecule has 1 aromatic rings. The van der Waals surface area contributed by atoms with Crippen LogP contribution in [0.2, 0.25) is 0 Å². The van der Waals surface area contributed by atoms with Crippen LogP contribution < -0.4 is 0 Å². The number of phenolic OH excluding ortho intramolecular Hbond substituents is 2. The van der Waals surface area contributed by atoms with Gasteiger partial charge in [0.1, 0.15) is 0 Å². The van der Waals surface area contributed by atoms with Crippen molar-refractivity contribution < 1.29 is 10.2 Å². The van der Waals surface area contributed by atoms with E-state index in [2.05, 4.69) is 6.07 Å². The van der Waals surface area contributed by atoms with Gasteiger partial charge in [0.05, 0.1) is 11.5 Å². The van der Waals surface area contributed by atoms with Crippen LogP contribution in [0.4, 0.5) is 0 Å². The Balaban J connectivity index is 2.42. The molecule has 0 unspecified atom stereocenters. The molecule has 0 radical (unpaired) electrons. The third-order valence-electron chi connectivity index (χ3n) is 2.95. The fraction of sp³-hybridized carbons (Fsp3) is 0.364. The Kier molecular flexibility index (Phi) is 1.85. The minimum Gasteiger partial charge on any atom is -0.504 e. The molecule has 1 fully saturated rings. The molecule has 0 amide bonds. The quantitative estimate of drug-likeness (QED) is 0.664. The number of hydrogen-bond donors (Lipinski definition) is 2. The van der Waals surface area contributed by atoms with Gasteiger partial charge in [0.2, 0.25) is 0 Å². The molecule has 0 spiro atoms. The molecule has 3 heteroatoms. The average Bonchev–Trinajstić information content (AvgIpc) is 2.10. The predicted octanol–water partition coefficient (Wildman–Crippen LogP) is 2.04. The Bertz CT molecular complexity index is 402. The monoisotopic (exact) mass is 189 g/mol. The second kappa shape index (κ2) is 2.91. The number of rotatable bonds is 1. The summed E-state index contributed by atoms with van der Waals surface area (Å²) >= 11 is 0. The highest BCUT2D eigenvalue weighted by Gasteiger charge is 2.39. The van der Waals surface area contributed by atoms with E-state index in [1.807, 2.05) is 0 Å². The summed E-state index contributed by atoms with van der Waals surface area (Å²) in [6.07, 6.45) is 2.73. The maximum Gasteiger partial charge on any atom is 0.157 e. The normalized spacial score (nSPS) is 18.2. The van der Waals surface area contributed by atoms with Crippen LogP contribution >= 0.6 is 0 Å². The van der Waals surface area contributed by atoms with Crippen molar-refractivity contribution in [1.29, 1.82) is 5.26 Å². The first kappa shape index (κ1) is 8.89. The molecular formula is C11H11NO2. The molecule has 72 valence electrons. The van der Waals surface area contributed by atoms with Crippen molar-refractivity contribution in [2.24, 2.45) is 0 Å². The van der Waals surface area contributed by atoms with E-state index in [0.717, 1.165) is 24.8 Å². The summed E-state index contributed by atoms with van der Waals surface area (Å²) in [5.41, 5.74) is 0.382. The summed E-state index contributed by atoms with van der Waals surface area (Å²) in [7, 11) is 0. The van der Waals surface area contributed by atoms with Crippen molar-refractivity contribution in [2.45, 2.75) is 24.7 Å². The first-order valence-electron chi connectivity index (χ1n) is 4.62. The van der Waals surface area contributed by atoms with E-state index in [-0.39, 0.29) is 11.5 Å². The van der Waals surface area contributed by atoms with Gasteiger partial charge in [-0.1, -0.05) is 6.07 Å². The fourth-order valence-corrected chi connectivity index (χ4v) is 1.82. The summed E-state index contributed by atoms with van der Waals surface area (Å²) in [4.78, 5) is 0. The van der Waals surface area contributed by atoms with Gasteiger partial charge in [0.15, 0.2) is 11.5 Å². The predicted molar refractivity (Wildman–Crippen MR) is 50.9 cm³/mol. The van der Waals surface area contributed by atoms with Gasteiger partial charge >= 0.3 is 0 Å². The first-order valence-corrected chi connectivity index (χ1v) is 4.62. The molecule has 3 nitrogen and oxygen atoms in total. The molecule has 2 rings (SSSR count). The maximum absolute atomic E-state index is 9.32. The highest BCUT2D eigenvalue weighted by molar-refractivity contribution is 5.46. The molecule has 1 saturated carbocycles. The molecular weight excluding hydrogens is 178 g/mol. The van der Waals surface area contributed by atoms with Gasteiger partial charge in [0, 0.05) is 0 Å². The zero-order chi connectivity index (χ0) is 10.2. The van der Waals surface area contributed by atoms with Crippen LogP contribution in [0.1, 0.15) is 24.8 Å². The Morgan fingerprint density at radius 2 is 1.93 bits per heavy atom. The van der Waals surface area contributed by atoms with Crippen LogP contribution in [0.25, 0.3) is 0 Å². The molecule has 0 aliphatic heterocycles. The van der Waals surface area contributed by atoms with Gasteiger partial charge in [-0.05, 0) is 37.0 Å². The van der Waals surface area contributed by atoms with Gasteiger partial charge in [0.25, 0.3) is 0 Å². The molecule has 1 aliphatic rings. The van der Waals surface area contributed by atoms with Crippen LogP contribution in [-0.4, -0.2) is 10.2 Å². The number of phenols is 2. The van der Waals surface area contributed by atoms with Gasteiger partial charge in [-0.2, -0.15) is 5.26 Å². The van der Waals surface area contributed by atoms with Gasteiger partial charge < -0.3 is 10.2 Å². The third-order valence-corrected chi connectivity index (χ3v) is 2.95. The minimum absolute atomic E-state index is 0.138. The molecule has 0 saturated heterocycles. The maximum atomic E-state index is 9.32. The van der Waals surface area contributed by atoms with E-state index in [1.54, 1.807) is 6.07 Å². The Morgan fingerprint density at radius 3 is 2.36 bits per heavy atom. The van der Waals surface area contributed by atoms with Crippen LogP contribution in [0, 0.1) is 11.3 Å². The lowest BCUT2D eigenvalue weighted by molar-refractivity contribution is 0.321. The SMILES string of the molecule is N#CC1(c2ccc(O)c(O)c2)CCC1. The average molecular weight is 189 g/mol. The third kappa shape index (κ3) is 1.12. The second-order valence-electron chi connectivity index (χ2n) is 3.75. The lowest BCUT2D eigenvalue weighted by atomic mass is 9.65. The van der Waals surface area contributed by atoms with Crippen LogP contribution in [-0.2, 0) is 5.41 Å². The zero-order valence-corrected chi connectivity index (χ0v) is 7.70. The Hall–Kier alpha value is -1.69. The second-order valence-corrected chi connectivity index (χ2v) is 3.75. The lowest BCUT2D eigenvalue weighted by Gasteiger charge is -2.35. The molecule has 0 aromatic heterocycles. The van der Waals surface area contributed by atoms with Crippen LogP contribution in [0.3, 0.4) is 0 Å². The molecule has 2 N–H and O–H groups in total. The number of hydrogen-bond acceptors (Lipinski definition) is 3. The van der Waals surface area contributed by atoms with Gasteiger partial charge in [-0.3, -0.25) is 0 Å². The van der Waals surface area contributed by atoms with Crippen molar-refractivity contribution in [3.63, 3.8) is 0 Å². The fourth-order valence-electron chi connectivity index (χ4n) is 1.82. The summed E-state index contributed by atoms with van der Waals surface area (Å²) in [5.74, 6) is -0.287. The van der Waals surface area contributed by atoms with E-state index in [9.17, 15) is 5.11 Å². The smallest absolute Gasteiger partial charge is 0.157 e. The van der Waals surface area contributed by atoms with Crippen molar-refractivity contribution in [2.75, 3.05) is 0 Å². The van der Waals surface area contributed by atoms with E-state index < -0.39 is 5.41 Å². The Morgan fingerprint density at radius 1 is 1.21 bits per heavy atom. The largest absolute Gasteiger partial charge is 0.504 e. The zero-order valence-electron chi connectivity index (χ0n) is 7.70. The van der Waals surface area contributed by atoms with E-state index in [4.69, 9.17) is 10.4 Å². The van der Waals surface area contributed by atoms with Crippen LogP contribution in [0.15, 0.2) is 18.2 Å². The number of nitriles is 1. The number of benzene rings is 1. The van der Waals surface area contributed by atoms with Crippen molar-refractivity contribution in [3.8, 4) is 17.6 Å². The first-order chi connectivity index (χ1) is 6.68. The summed E-state index contributed by atoms with van der Waals surface area (Å²) < 4.78 is 0. The van der Waals surface area contributed by atoms with Gasteiger partial charge in [-0.15, -0.1) is 0 Å². The topological polar surface area (TPSA) is 64.2 Å². The van der Waals surface area contributed by atoms with E-state index in [0.29, 0.717) is 0 Å². The lowest BCUT2D eigenvalue weighted by Crippen LogP contribution is -2.32. The van der Waals surface area contributed by atoms with Crippen molar-refractivity contribution >= 4 is 0 Å². The van der Waals surface area contributed by atoms with Gasteiger partial charge in [-0.25, -0.2) is 0 Å². The highest BCUT2D eigenvalue weighted by atomic mass is 16.3. The summed E-state index contributed by atoms with van der Waals surface area (Å²) in [6.45, 7) is 0. The Labute approximate surface area is 82.2 Å².